The highest BCUT2D eigenvalue weighted by molar-refractivity contribution is 8.13. The van der Waals surface area contributed by atoms with Gasteiger partial charge in [0.15, 0.2) is 10.2 Å². The van der Waals surface area contributed by atoms with Gasteiger partial charge >= 0.3 is 0 Å². The number of aromatic nitrogens is 1. The van der Waals surface area contributed by atoms with Gasteiger partial charge in [0.25, 0.3) is 5.91 Å². The summed E-state index contributed by atoms with van der Waals surface area (Å²) < 4.78 is 20.4. The normalized spacial score (nSPS) is 24.3. The molecule has 2 atom stereocenters. The van der Waals surface area contributed by atoms with Crippen molar-refractivity contribution in [3.63, 3.8) is 0 Å². The number of benzene rings is 1. The predicted octanol–water partition coefficient (Wildman–Crippen LogP) is 3.46. The number of halogens is 1. The van der Waals surface area contributed by atoms with Crippen LogP contribution in [0, 0.1) is 11.7 Å². The molecule has 6 nitrogen and oxygen atoms in total. The molecule has 0 radical (unpaired) electrons. The summed E-state index contributed by atoms with van der Waals surface area (Å²) in [5, 5.41) is 5.32. The van der Waals surface area contributed by atoms with Crippen molar-refractivity contribution < 1.29 is 13.9 Å². The van der Waals surface area contributed by atoms with Gasteiger partial charge in [0.1, 0.15) is 5.82 Å². The fourth-order valence-corrected chi connectivity index (χ4v) is 4.91. The SMILES string of the molecule is C.NC1=N[C@@]2(c3cc(NC(=O)c4nccs4)ccc3F)CCOC[C@H]2CS1. The summed E-state index contributed by atoms with van der Waals surface area (Å²) in [7, 11) is 0. The number of fused-ring (bicyclic) bond motifs is 1. The lowest BCUT2D eigenvalue weighted by molar-refractivity contribution is 0.00886. The Morgan fingerprint density at radius 1 is 1.44 bits per heavy atom. The van der Waals surface area contributed by atoms with E-state index in [1.165, 1.54) is 29.2 Å². The number of nitrogens with one attached hydrogen (secondary N) is 1. The lowest BCUT2D eigenvalue weighted by atomic mass is 9.75. The number of rotatable bonds is 3. The van der Waals surface area contributed by atoms with Crippen molar-refractivity contribution >= 4 is 39.9 Å². The van der Waals surface area contributed by atoms with Gasteiger partial charge in [-0.3, -0.25) is 9.79 Å². The average molecular weight is 409 g/mol. The van der Waals surface area contributed by atoms with E-state index >= 15 is 0 Å². The molecule has 1 aromatic heterocycles. The zero-order valence-corrected chi connectivity index (χ0v) is 15.4. The molecule has 144 valence electrons. The fourth-order valence-electron chi connectivity index (χ4n) is 3.41. The first kappa shape index (κ1) is 19.8. The molecule has 0 unspecified atom stereocenters. The quantitative estimate of drug-likeness (QED) is 0.812. The van der Waals surface area contributed by atoms with E-state index in [1.54, 1.807) is 23.7 Å². The highest BCUT2D eigenvalue weighted by Gasteiger charge is 2.47. The van der Waals surface area contributed by atoms with E-state index in [-0.39, 0.29) is 25.1 Å². The summed E-state index contributed by atoms with van der Waals surface area (Å²) in [6.07, 6.45) is 2.12. The first-order valence-corrected chi connectivity index (χ1v) is 10.0. The molecule has 4 rings (SSSR count). The number of nitrogens with two attached hydrogens (primary N) is 1. The van der Waals surface area contributed by atoms with Gasteiger partial charge in [-0.1, -0.05) is 19.2 Å². The van der Waals surface area contributed by atoms with Crippen LogP contribution < -0.4 is 11.1 Å². The monoisotopic (exact) mass is 408 g/mol. The number of hydrogen-bond donors (Lipinski definition) is 2. The van der Waals surface area contributed by atoms with Gasteiger partial charge in [-0.15, -0.1) is 11.3 Å². The van der Waals surface area contributed by atoms with Crippen LogP contribution in [0.4, 0.5) is 10.1 Å². The van der Waals surface area contributed by atoms with E-state index in [4.69, 9.17) is 10.5 Å². The second kappa shape index (κ2) is 7.95. The number of amidine groups is 1. The van der Waals surface area contributed by atoms with Crippen molar-refractivity contribution in [1.82, 2.24) is 4.98 Å². The standard InChI is InChI=1S/C17H17FN4O2S2.CH4/c18-13-2-1-11(21-14(23)15-20-4-6-25-15)7-12(13)17-3-5-24-8-10(17)9-26-16(19)22-17;/h1-2,4,6-7,10H,3,5,8-9H2,(H2,19,22)(H,21,23);1H4/t10-,17-;/m0./s1. The van der Waals surface area contributed by atoms with Gasteiger partial charge in [0.2, 0.25) is 0 Å². The van der Waals surface area contributed by atoms with Crippen LogP contribution in [0.15, 0.2) is 34.8 Å². The molecule has 2 aliphatic rings. The molecule has 27 heavy (non-hydrogen) atoms. The van der Waals surface area contributed by atoms with Gasteiger partial charge in [-0.25, -0.2) is 9.37 Å². The summed E-state index contributed by atoms with van der Waals surface area (Å²) in [5.41, 5.74) is 6.18. The van der Waals surface area contributed by atoms with Gasteiger partial charge in [0.05, 0.1) is 12.1 Å². The minimum absolute atomic E-state index is 0. The second-order valence-corrected chi connectivity index (χ2v) is 8.13. The summed E-state index contributed by atoms with van der Waals surface area (Å²) in [6, 6.07) is 4.56. The van der Waals surface area contributed by atoms with Gasteiger partial charge in [-0.2, -0.15) is 0 Å². The number of thiazole rings is 1. The molecule has 1 amide bonds. The highest BCUT2D eigenvalue weighted by atomic mass is 32.2. The lowest BCUT2D eigenvalue weighted by Gasteiger charge is -2.44. The Balaban J connectivity index is 0.00000210. The Kier molecular flexibility index (Phi) is 5.83. The van der Waals surface area contributed by atoms with Crippen LogP contribution in [-0.4, -0.2) is 35.0 Å². The maximum absolute atomic E-state index is 14.8. The van der Waals surface area contributed by atoms with E-state index in [0.29, 0.717) is 41.1 Å². The molecule has 1 aromatic carbocycles. The number of amides is 1. The number of hydrogen-bond acceptors (Lipinski definition) is 7. The number of nitrogens with zero attached hydrogens (tertiary/aromatic N) is 2. The Morgan fingerprint density at radius 3 is 3.07 bits per heavy atom. The van der Waals surface area contributed by atoms with Crippen LogP contribution in [0.3, 0.4) is 0 Å². The van der Waals surface area contributed by atoms with E-state index in [2.05, 4.69) is 15.3 Å². The minimum Gasteiger partial charge on any atom is -0.381 e. The molecule has 0 bridgehead atoms. The minimum atomic E-state index is -0.750. The third-order valence-corrected chi connectivity index (χ3v) is 6.41. The maximum Gasteiger partial charge on any atom is 0.284 e. The van der Waals surface area contributed by atoms with Crippen molar-refractivity contribution in [3.05, 3.63) is 46.2 Å². The first-order valence-electron chi connectivity index (χ1n) is 8.15. The molecule has 1 fully saturated rings. The maximum atomic E-state index is 14.8. The molecular formula is C18H21FN4O2S2. The fraction of sp³-hybridized carbons (Fsp3) is 0.389. The topological polar surface area (TPSA) is 89.6 Å². The van der Waals surface area contributed by atoms with Gasteiger partial charge in [0, 0.05) is 47.5 Å². The average Bonchev–Trinajstić information content (AvgIpc) is 3.18. The third kappa shape index (κ3) is 3.71. The molecular weight excluding hydrogens is 387 g/mol. The smallest absolute Gasteiger partial charge is 0.284 e. The molecule has 2 aromatic rings. The van der Waals surface area contributed by atoms with Crippen LogP contribution >= 0.6 is 23.1 Å². The summed E-state index contributed by atoms with van der Waals surface area (Å²) >= 11 is 2.71. The van der Waals surface area contributed by atoms with Crippen LogP contribution in [0.1, 0.15) is 29.2 Å². The number of aliphatic imine (C=N–C) groups is 1. The molecule has 0 saturated carbocycles. The van der Waals surface area contributed by atoms with Crippen molar-refractivity contribution in [2.24, 2.45) is 16.6 Å². The Morgan fingerprint density at radius 2 is 2.30 bits per heavy atom. The lowest BCUT2D eigenvalue weighted by Crippen LogP contribution is -2.47. The molecule has 3 heterocycles. The van der Waals surface area contributed by atoms with Crippen molar-refractivity contribution in [1.29, 1.82) is 0 Å². The molecule has 2 aliphatic heterocycles. The molecule has 9 heteroatoms. The van der Waals surface area contributed by atoms with Crippen LogP contribution in [-0.2, 0) is 10.3 Å². The summed E-state index contributed by atoms with van der Waals surface area (Å²) in [5.74, 6) is 0.0890. The van der Waals surface area contributed by atoms with Crippen LogP contribution in [0.5, 0.6) is 0 Å². The van der Waals surface area contributed by atoms with E-state index in [0.717, 1.165) is 5.75 Å². The molecule has 0 aliphatic carbocycles. The summed E-state index contributed by atoms with van der Waals surface area (Å²) in [6.45, 7) is 1.01. The second-order valence-electron chi connectivity index (χ2n) is 6.19. The van der Waals surface area contributed by atoms with Crippen LogP contribution in [0.25, 0.3) is 0 Å². The number of thioether (sulfide) groups is 1. The zero-order chi connectivity index (χ0) is 18.1. The highest BCUT2D eigenvalue weighted by Crippen LogP contribution is 2.46. The van der Waals surface area contributed by atoms with Crippen molar-refractivity contribution in [3.8, 4) is 0 Å². The number of ether oxygens (including phenoxy) is 1. The molecule has 3 N–H and O–H groups in total. The van der Waals surface area contributed by atoms with Crippen molar-refractivity contribution in [2.45, 2.75) is 19.4 Å². The molecule has 1 saturated heterocycles. The summed E-state index contributed by atoms with van der Waals surface area (Å²) in [4.78, 5) is 20.9. The zero-order valence-electron chi connectivity index (χ0n) is 13.8. The van der Waals surface area contributed by atoms with Crippen molar-refractivity contribution in [2.75, 3.05) is 24.3 Å². The first-order chi connectivity index (χ1) is 12.6. The Labute approximate surface area is 165 Å². The Bertz CT molecular complexity index is 859. The van der Waals surface area contributed by atoms with Gasteiger partial charge < -0.3 is 15.8 Å². The van der Waals surface area contributed by atoms with E-state index in [1.807, 2.05) is 0 Å². The van der Waals surface area contributed by atoms with Crippen LogP contribution in [0.2, 0.25) is 0 Å². The Hall–Kier alpha value is -1.97. The van der Waals surface area contributed by atoms with E-state index in [9.17, 15) is 9.18 Å². The predicted molar refractivity (Wildman–Crippen MR) is 108 cm³/mol. The number of carbonyl (C=O) groups excluding carboxylic acids is 1. The number of carbonyl (C=O) groups is 1. The molecule has 0 spiro atoms. The van der Waals surface area contributed by atoms with E-state index < -0.39 is 5.54 Å². The number of anilines is 1. The largest absolute Gasteiger partial charge is 0.381 e. The third-order valence-electron chi connectivity index (χ3n) is 4.68. The van der Waals surface area contributed by atoms with Gasteiger partial charge in [-0.05, 0) is 18.2 Å².